The second-order valence-corrected chi connectivity index (χ2v) is 8.53. The Balaban J connectivity index is 1.57. The summed E-state index contributed by atoms with van der Waals surface area (Å²) in [5.41, 5.74) is 1.87. The zero-order valence-corrected chi connectivity index (χ0v) is 18.5. The van der Waals surface area contributed by atoms with Crippen LogP contribution in [0.15, 0.2) is 72.8 Å². The number of hydrogen-bond acceptors (Lipinski definition) is 3. The molecule has 5 nitrogen and oxygen atoms in total. The largest absolute Gasteiger partial charge is 0.347 e. The Morgan fingerprint density at radius 2 is 1.58 bits per heavy atom. The molecule has 2 amide bonds. The summed E-state index contributed by atoms with van der Waals surface area (Å²) < 4.78 is 0. The van der Waals surface area contributed by atoms with E-state index in [9.17, 15) is 9.59 Å². The van der Waals surface area contributed by atoms with Gasteiger partial charge in [0.25, 0.3) is 5.91 Å². The van der Waals surface area contributed by atoms with Crippen LogP contribution in [0.5, 0.6) is 0 Å². The van der Waals surface area contributed by atoms with Gasteiger partial charge in [0.1, 0.15) is 0 Å². The number of carbonyl (C=O) groups is 2. The van der Waals surface area contributed by atoms with Gasteiger partial charge < -0.3 is 10.6 Å². The summed E-state index contributed by atoms with van der Waals surface area (Å²) in [6, 6.07) is 20.8. The van der Waals surface area contributed by atoms with Gasteiger partial charge in [0, 0.05) is 22.9 Å². The van der Waals surface area contributed by atoms with Gasteiger partial charge in [-0.2, -0.15) is 0 Å². The first-order valence-electron chi connectivity index (χ1n) is 9.92. The van der Waals surface area contributed by atoms with Crippen LogP contribution in [0.2, 0.25) is 0 Å². The molecule has 3 N–H and O–H groups in total. The monoisotopic (exact) mass is 431 g/mol. The van der Waals surface area contributed by atoms with Gasteiger partial charge in [-0.1, -0.05) is 42.5 Å². The molecule has 0 radical (unpaired) electrons. The van der Waals surface area contributed by atoms with E-state index in [0.717, 1.165) is 16.3 Å². The normalized spacial score (nSPS) is 11.3. The van der Waals surface area contributed by atoms with Crippen LogP contribution in [0, 0.1) is 0 Å². The van der Waals surface area contributed by atoms with Crippen molar-refractivity contribution in [3.63, 3.8) is 0 Å². The minimum Gasteiger partial charge on any atom is -0.347 e. The second kappa shape index (κ2) is 9.53. The number of hydrogen-bond donors (Lipinski definition) is 3. The Kier molecular flexibility index (Phi) is 6.82. The Hall–Kier alpha value is -3.51. The number of fused-ring (bicyclic) bond motifs is 1. The fourth-order valence-corrected chi connectivity index (χ4v) is 3.21. The van der Waals surface area contributed by atoms with Gasteiger partial charge in [-0.05, 0) is 79.7 Å². The molecular weight excluding hydrogens is 406 g/mol. The lowest BCUT2D eigenvalue weighted by atomic mass is 10.0. The maximum absolute atomic E-state index is 12.3. The molecule has 3 aromatic rings. The quantitative estimate of drug-likeness (QED) is 0.406. The molecule has 0 fully saturated rings. The lowest BCUT2D eigenvalue weighted by molar-refractivity contribution is -0.115. The second-order valence-electron chi connectivity index (χ2n) is 8.13. The Morgan fingerprint density at radius 3 is 2.29 bits per heavy atom. The van der Waals surface area contributed by atoms with Crippen LogP contribution in [0.25, 0.3) is 16.8 Å². The first kappa shape index (κ1) is 22.2. The maximum Gasteiger partial charge on any atom is 0.251 e. The fourth-order valence-electron chi connectivity index (χ4n) is 2.99. The van der Waals surface area contributed by atoms with E-state index in [0.29, 0.717) is 11.3 Å². The number of nitrogens with one attached hydrogen (secondary N) is 3. The van der Waals surface area contributed by atoms with Crippen molar-refractivity contribution in [1.82, 2.24) is 10.6 Å². The van der Waals surface area contributed by atoms with Crippen molar-refractivity contribution in [3.05, 3.63) is 83.9 Å². The molecule has 31 heavy (non-hydrogen) atoms. The summed E-state index contributed by atoms with van der Waals surface area (Å²) in [5.74, 6) is -0.472. The minimum absolute atomic E-state index is 0.145. The first-order chi connectivity index (χ1) is 14.7. The van der Waals surface area contributed by atoms with E-state index in [1.807, 2.05) is 63.2 Å². The molecule has 0 unspecified atom stereocenters. The molecule has 0 heterocycles. The summed E-state index contributed by atoms with van der Waals surface area (Å²) in [5, 5.41) is 10.9. The minimum atomic E-state index is -0.327. The van der Waals surface area contributed by atoms with E-state index in [1.54, 1.807) is 30.3 Å². The van der Waals surface area contributed by atoms with Crippen molar-refractivity contribution in [3.8, 4) is 0 Å². The Morgan fingerprint density at radius 1 is 0.903 bits per heavy atom. The van der Waals surface area contributed by atoms with Crippen molar-refractivity contribution < 1.29 is 9.59 Å². The van der Waals surface area contributed by atoms with Gasteiger partial charge in [0.05, 0.1) is 0 Å². The van der Waals surface area contributed by atoms with E-state index >= 15 is 0 Å². The van der Waals surface area contributed by atoms with Crippen LogP contribution in [-0.4, -0.2) is 22.5 Å². The molecule has 158 valence electrons. The van der Waals surface area contributed by atoms with Crippen LogP contribution in [0.1, 0.15) is 36.7 Å². The predicted molar refractivity (Wildman–Crippen MR) is 131 cm³/mol. The molecule has 6 heteroatoms. The third-order valence-corrected chi connectivity index (χ3v) is 4.57. The zero-order valence-electron chi connectivity index (χ0n) is 17.7. The maximum atomic E-state index is 12.3. The summed E-state index contributed by atoms with van der Waals surface area (Å²) in [7, 11) is 0. The molecule has 0 saturated heterocycles. The van der Waals surface area contributed by atoms with Gasteiger partial charge in [-0.15, -0.1) is 0 Å². The van der Waals surface area contributed by atoms with Crippen molar-refractivity contribution >= 4 is 51.7 Å². The topological polar surface area (TPSA) is 70.2 Å². The Bertz CT molecular complexity index is 1140. The van der Waals surface area contributed by atoms with Crippen molar-refractivity contribution in [2.24, 2.45) is 0 Å². The molecule has 0 aliphatic carbocycles. The summed E-state index contributed by atoms with van der Waals surface area (Å²) >= 11 is 5.22. The number of thiocarbonyl (C=S) groups is 1. The molecule has 0 bridgehead atoms. The van der Waals surface area contributed by atoms with Crippen LogP contribution in [-0.2, 0) is 4.79 Å². The highest BCUT2D eigenvalue weighted by Gasteiger charge is 2.15. The summed E-state index contributed by atoms with van der Waals surface area (Å²) in [6.07, 6.45) is 3.22. The molecule has 0 atom stereocenters. The van der Waals surface area contributed by atoms with E-state index in [2.05, 4.69) is 16.0 Å². The molecule has 0 aliphatic heterocycles. The fraction of sp³-hybridized carbons (Fsp3) is 0.160. The van der Waals surface area contributed by atoms with Crippen molar-refractivity contribution in [2.75, 3.05) is 5.32 Å². The van der Waals surface area contributed by atoms with Gasteiger partial charge in [-0.25, -0.2) is 0 Å². The lowest BCUT2D eigenvalue weighted by Gasteiger charge is -2.20. The van der Waals surface area contributed by atoms with Crippen LogP contribution in [0.3, 0.4) is 0 Å². The number of carbonyl (C=O) groups excluding carboxylic acids is 2. The summed E-state index contributed by atoms with van der Waals surface area (Å²) in [6.45, 7) is 5.78. The standard InChI is InChI=1S/C25H25N3O2S/c1-25(2,3)28-23(30)19-11-14-20(15-12-19)26-24(31)27-22(29)16-13-18-9-6-8-17-7-4-5-10-21(17)18/h4-16H,1-3H3,(H,28,30)(H2,26,27,29,31)/b16-13+. The highest BCUT2D eigenvalue weighted by molar-refractivity contribution is 7.80. The average molecular weight is 432 g/mol. The highest BCUT2D eigenvalue weighted by atomic mass is 32.1. The third kappa shape index (κ3) is 6.49. The van der Waals surface area contributed by atoms with Crippen LogP contribution < -0.4 is 16.0 Å². The van der Waals surface area contributed by atoms with Crippen LogP contribution >= 0.6 is 12.2 Å². The summed E-state index contributed by atoms with van der Waals surface area (Å²) in [4.78, 5) is 24.4. The van der Waals surface area contributed by atoms with E-state index < -0.39 is 0 Å². The van der Waals surface area contributed by atoms with E-state index in [-0.39, 0.29) is 22.5 Å². The molecule has 3 rings (SSSR count). The number of rotatable bonds is 4. The molecule has 3 aromatic carbocycles. The van der Waals surface area contributed by atoms with Crippen LogP contribution in [0.4, 0.5) is 5.69 Å². The highest BCUT2D eigenvalue weighted by Crippen LogP contribution is 2.19. The first-order valence-corrected chi connectivity index (χ1v) is 10.3. The van der Waals surface area contributed by atoms with Gasteiger partial charge in [0.15, 0.2) is 5.11 Å². The molecule has 0 saturated carbocycles. The molecular formula is C25H25N3O2S. The third-order valence-electron chi connectivity index (χ3n) is 4.37. The van der Waals surface area contributed by atoms with Gasteiger partial charge in [0.2, 0.25) is 5.91 Å². The zero-order chi connectivity index (χ0) is 22.4. The van der Waals surface area contributed by atoms with Gasteiger partial charge >= 0.3 is 0 Å². The lowest BCUT2D eigenvalue weighted by Crippen LogP contribution is -2.40. The molecule has 0 spiro atoms. The smallest absolute Gasteiger partial charge is 0.251 e. The number of anilines is 1. The molecule has 0 aromatic heterocycles. The number of amides is 2. The van der Waals surface area contributed by atoms with Crippen molar-refractivity contribution in [2.45, 2.75) is 26.3 Å². The van der Waals surface area contributed by atoms with Crippen molar-refractivity contribution in [1.29, 1.82) is 0 Å². The Labute approximate surface area is 187 Å². The average Bonchev–Trinajstić information content (AvgIpc) is 2.71. The molecule has 0 aliphatic rings. The predicted octanol–water partition coefficient (Wildman–Crippen LogP) is 4.89. The van der Waals surface area contributed by atoms with Gasteiger partial charge in [-0.3, -0.25) is 14.9 Å². The SMILES string of the molecule is CC(C)(C)NC(=O)c1ccc(NC(=S)NC(=O)/C=C/c2cccc3ccccc23)cc1. The van der Waals surface area contributed by atoms with E-state index in [4.69, 9.17) is 12.2 Å². The number of benzene rings is 3. The van der Waals surface area contributed by atoms with E-state index in [1.165, 1.54) is 6.08 Å².